The lowest BCUT2D eigenvalue weighted by Crippen LogP contribution is -2.48. The molecule has 1 amide bonds. The van der Waals surface area contributed by atoms with E-state index in [9.17, 15) is 24.3 Å². The van der Waals surface area contributed by atoms with Crippen LogP contribution >= 0.6 is 11.6 Å². The number of carbonyl (C=O) groups excluding carboxylic acids is 3. The fourth-order valence-corrected chi connectivity index (χ4v) is 9.23. The minimum atomic E-state index is -1.28. The van der Waals surface area contributed by atoms with Crippen molar-refractivity contribution in [2.24, 2.45) is 34.5 Å². The third-order valence-corrected chi connectivity index (χ3v) is 13.2. The molecule has 5 aliphatic rings. The van der Waals surface area contributed by atoms with Gasteiger partial charge in [-0.05, 0) is 73.8 Å². The predicted octanol–water partition coefficient (Wildman–Crippen LogP) is 7.12. The van der Waals surface area contributed by atoms with Crippen LogP contribution in [0.4, 0.5) is 6.01 Å². The molecule has 2 N–H and O–H groups in total. The van der Waals surface area contributed by atoms with Gasteiger partial charge in [-0.1, -0.05) is 38.4 Å². The molecule has 8 rings (SSSR count). The molecule has 3 heterocycles. The Morgan fingerprint density at radius 3 is 2.49 bits per heavy atom. The predicted molar refractivity (Wildman–Crippen MR) is 217 cm³/mol. The number of hydrogen-bond donors (Lipinski definition) is 2. The number of nitrogens with one attached hydrogen (secondary N) is 1. The maximum atomic E-state index is 14.8. The van der Waals surface area contributed by atoms with Crippen molar-refractivity contribution in [3.05, 3.63) is 42.1 Å². The highest BCUT2D eigenvalue weighted by Gasteiger charge is 2.61. The molecule has 1 saturated heterocycles. The third-order valence-electron chi connectivity index (χ3n) is 12.8. The Bertz CT molecular complexity index is 2140. The molecule has 3 aromatic rings. The number of Topliss-reactive ketones (excluding diaryl/α,β-unsaturated/α-hetero) is 1. The van der Waals surface area contributed by atoms with Crippen LogP contribution in [0.25, 0.3) is 22.3 Å². The molecular formula is C44H53ClN4O10. The van der Waals surface area contributed by atoms with Gasteiger partial charge in [0.15, 0.2) is 5.78 Å². The number of esters is 1. The number of oxazole rings is 1. The summed E-state index contributed by atoms with van der Waals surface area (Å²) in [4.78, 5) is 66.0. The van der Waals surface area contributed by atoms with Gasteiger partial charge in [-0.3, -0.25) is 19.2 Å². The maximum absolute atomic E-state index is 14.8. The number of carboxylic acid groups (broad SMARTS) is 1. The van der Waals surface area contributed by atoms with Crippen LogP contribution in [0.15, 0.2) is 41.5 Å². The molecule has 0 bridgehead atoms. The number of anilines is 1. The summed E-state index contributed by atoms with van der Waals surface area (Å²) in [7, 11) is 1.58. The summed E-state index contributed by atoms with van der Waals surface area (Å²) in [5.74, 6) is -1.41. The summed E-state index contributed by atoms with van der Waals surface area (Å²) in [6, 6.07) is 4.91. The van der Waals surface area contributed by atoms with Crippen LogP contribution in [0, 0.1) is 34.5 Å². The molecule has 14 nitrogen and oxygen atoms in total. The lowest BCUT2D eigenvalue weighted by atomic mass is 9.77. The van der Waals surface area contributed by atoms with Crippen LogP contribution in [0.5, 0.6) is 11.5 Å². The highest BCUT2D eigenvalue weighted by atomic mass is 35.5. The first-order valence-electron chi connectivity index (χ1n) is 20.7. The van der Waals surface area contributed by atoms with Crippen LogP contribution in [-0.2, 0) is 28.7 Å². The first kappa shape index (κ1) is 41.1. The number of rotatable bonds is 18. The average Bonchev–Trinajstić information content (AvgIpc) is 4.14. The van der Waals surface area contributed by atoms with Crippen LogP contribution < -0.4 is 14.8 Å². The summed E-state index contributed by atoms with van der Waals surface area (Å²) >= 11 is 6.95. The van der Waals surface area contributed by atoms with E-state index >= 15 is 0 Å². The van der Waals surface area contributed by atoms with E-state index < -0.39 is 40.8 Å². The van der Waals surface area contributed by atoms with Gasteiger partial charge in [-0.15, -0.1) is 6.58 Å². The van der Waals surface area contributed by atoms with E-state index in [-0.39, 0.29) is 61.1 Å². The number of amides is 1. The molecular weight excluding hydrogens is 780 g/mol. The number of aliphatic carboxylic acids is 1. The van der Waals surface area contributed by atoms with Crippen molar-refractivity contribution in [1.29, 1.82) is 0 Å². The van der Waals surface area contributed by atoms with Crippen LogP contribution in [0.1, 0.15) is 78.6 Å². The van der Waals surface area contributed by atoms with Gasteiger partial charge in [0.2, 0.25) is 5.91 Å². The van der Waals surface area contributed by atoms with Crippen LogP contribution in [0.2, 0.25) is 5.02 Å². The molecule has 1 unspecified atom stereocenters. The minimum Gasteiger partial charge on any atom is -0.490 e. The fraction of sp³-hybridized carbons (Fsp3) is 0.591. The number of halogens is 1. The number of fused-ring (bicyclic) bond motifs is 2. The number of methoxy groups -OCH3 is 1. The van der Waals surface area contributed by atoms with Crippen molar-refractivity contribution in [2.45, 2.75) is 103 Å². The standard InChI is InChI=1S/C44H53ClN4O10/c1-6-25-19-44(25,41(53)54)20-34(50)33-16-28(21-49(33)40(52)30(43(2,3)4)17-37(51)59-27-14-23-13-24(23)15-27)58-36-18-31(32-22-57-42(48-32)46-26-7-8-26)47-39-29(36)9-10-35(38(39)45)56-12-11-55-5/h6,9-10,18,22-28,30,33H,1,7-8,11-17,19-21H2,2-5H3,(H,46,48)(H,53,54)/t23-,24+,25-,27?,28-,30-,33+,44-/m1/s1. The molecule has 4 aliphatic carbocycles. The van der Waals surface area contributed by atoms with Gasteiger partial charge in [-0.2, -0.15) is 4.98 Å². The second-order valence-corrected chi connectivity index (χ2v) is 18.5. The van der Waals surface area contributed by atoms with Crippen molar-refractivity contribution in [1.82, 2.24) is 14.9 Å². The Morgan fingerprint density at radius 2 is 1.83 bits per heavy atom. The molecule has 15 heteroatoms. The normalized spacial score (nSPS) is 27.5. The van der Waals surface area contributed by atoms with Gasteiger partial charge < -0.3 is 38.7 Å². The lowest BCUT2D eigenvalue weighted by Gasteiger charge is -2.35. The number of ether oxygens (including phenoxy) is 4. The zero-order valence-electron chi connectivity index (χ0n) is 34.0. The number of nitrogens with zero attached hydrogens (tertiary/aromatic N) is 3. The summed E-state index contributed by atoms with van der Waals surface area (Å²) in [6.45, 7) is 10.1. The first-order valence-corrected chi connectivity index (χ1v) is 21.1. The molecule has 2 aromatic heterocycles. The van der Waals surface area contributed by atoms with Gasteiger partial charge in [0.05, 0.1) is 48.2 Å². The number of ketones is 1. The molecule has 1 aliphatic heterocycles. The smallest absolute Gasteiger partial charge is 0.310 e. The minimum absolute atomic E-state index is 0.0122. The zero-order valence-corrected chi connectivity index (χ0v) is 34.8. The molecule has 1 aromatic carbocycles. The van der Waals surface area contributed by atoms with E-state index in [1.807, 2.05) is 20.8 Å². The number of benzene rings is 1. The Morgan fingerprint density at radius 1 is 1.07 bits per heavy atom. The highest BCUT2D eigenvalue weighted by molar-refractivity contribution is 6.36. The van der Waals surface area contributed by atoms with E-state index in [1.165, 1.54) is 17.6 Å². The number of allylic oxidation sites excluding steroid dienone is 1. The van der Waals surface area contributed by atoms with Crippen molar-refractivity contribution < 1.29 is 47.6 Å². The number of carboxylic acids is 1. The number of carbonyl (C=O) groups is 4. The highest BCUT2D eigenvalue weighted by Crippen LogP contribution is 2.57. The van der Waals surface area contributed by atoms with E-state index in [4.69, 9.17) is 39.9 Å². The van der Waals surface area contributed by atoms with E-state index in [2.05, 4.69) is 16.9 Å². The molecule has 5 fully saturated rings. The molecule has 4 saturated carbocycles. The van der Waals surface area contributed by atoms with Crippen molar-refractivity contribution >= 4 is 52.1 Å². The zero-order chi connectivity index (χ0) is 41.8. The van der Waals surface area contributed by atoms with Gasteiger partial charge in [0.1, 0.15) is 47.3 Å². The van der Waals surface area contributed by atoms with Crippen molar-refractivity contribution in [3.8, 4) is 22.9 Å². The number of pyridine rings is 1. The number of hydrogen-bond acceptors (Lipinski definition) is 12. The molecule has 59 heavy (non-hydrogen) atoms. The van der Waals surface area contributed by atoms with Crippen molar-refractivity contribution in [2.75, 3.05) is 32.2 Å². The monoisotopic (exact) mass is 832 g/mol. The maximum Gasteiger partial charge on any atom is 0.310 e. The first-order chi connectivity index (χ1) is 28.2. The topological polar surface area (TPSA) is 180 Å². The number of aromatic nitrogens is 2. The summed E-state index contributed by atoms with van der Waals surface area (Å²) in [6.07, 6.45) is 7.18. The Hall–Kier alpha value is -4.69. The number of likely N-dealkylation sites (tertiary alicyclic amines) is 1. The largest absolute Gasteiger partial charge is 0.490 e. The second kappa shape index (κ2) is 16.1. The molecule has 316 valence electrons. The summed E-state index contributed by atoms with van der Waals surface area (Å²) < 4.78 is 29.4. The third kappa shape index (κ3) is 8.66. The van der Waals surface area contributed by atoms with Gasteiger partial charge in [-0.25, -0.2) is 4.98 Å². The molecule has 8 atom stereocenters. The fourth-order valence-electron chi connectivity index (χ4n) is 8.97. The Kier molecular flexibility index (Phi) is 11.2. The second-order valence-electron chi connectivity index (χ2n) is 18.2. The Balaban J connectivity index is 1.10. The Labute approximate surface area is 348 Å². The molecule has 0 spiro atoms. The van der Waals surface area contributed by atoms with E-state index in [1.54, 1.807) is 31.4 Å². The average molecular weight is 833 g/mol. The van der Waals surface area contributed by atoms with Crippen LogP contribution in [0.3, 0.4) is 0 Å². The van der Waals surface area contributed by atoms with E-state index in [0.29, 0.717) is 70.7 Å². The van der Waals surface area contributed by atoms with Crippen LogP contribution in [-0.4, -0.2) is 94.8 Å². The molecule has 0 radical (unpaired) electrons. The summed E-state index contributed by atoms with van der Waals surface area (Å²) in [5, 5.41) is 14.3. The van der Waals surface area contributed by atoms with Gasteiger partial charge >= 0.3 is 11.9 Å². The van der Waals surface area contributed by atoms with Crippen molar-refractivity contribution in [3.63, 3.8) is 0 Å². The van der Waals surface area contributed by atoms with E-state index in [0.717, 1.165) is 25.7 Å². The van der Waals surface area contributed by atoms with Gasteiger partial charge in [0.25, 0.3) is 6.01 Å². The SMILES string of the molecule is C=C[C@@H]1C[C@]1(CC(=O)[C@@H]1C[C@@H](Oc2cc(-c3coc(NC4CC4)n3)nc3c(Cl)c(OCCOC)ccc23)CN1C(=O)[C@@H](CC(=O)OC1C[C@@H]2C[C@@H]2C1)C(C)(C)C)C(=O)O. The lowest BCUT2D eigenvalue weighted by molar-refractivity contribution is -0.157. The quantitative estimate of drug-likeness (QED) is 0.0753. The summed E-state index contributed by atoms with van der Waals surface area (Å²) in [5.41, 5.74) is -0.720. The van der Waals surface area contributed by atoms with Gasteiger partial charge in [0, 0.05) is 37.4 Å².